The number of halogens is 1. The van der Waals surface area contributed by atoms with E-state index in [9.17, 15) is 0 Å². The number of nitrogens with zero attached hydrogens (tertiary/aromatic N) is 3. The van der Waals surface area contributed by atoms with Crippen LogP contribution in [0.5, 0.6) is 0 Å². The van der Waals surface area contributed by atoms with Gasteiger partial charge in [-0.05, 0) is 35.6 Å². The molecule has 0 saturated heterocycles. The Morgan fingerprint density at radius 3 is 2.71 bits per heavy atom. The lowest BCUT2D eigenvalue weighted by Gasteiger charge is -2.32. The Bertz CT molecular complexity index is 841. The number of nitrogens with one attached hydrogen (secondary N) is 1. The molecule has 3 aromatic rings. The van der Waals surface area contributed by atoms with Gasteiger partial charge < -0.3 is 5.32 Å². The molecule has 0 radical (unpaired) electrons. The summed E-state index contributed by atoms with van der Waals surface area (Å²) in [7, 11) is 0. The largest absolute Gasteiger partial charge is 0.348 e. The van der Waals surface area contributed by atoms with E-state index in [0.29, 0.717) is 0 Å². The van der Waals surface area contributed by atoms with Gasteiger partial charge >= 0.3 is 0 Å². The molecule has 4 rings (SSSR count). The van der Waals surface area contributed by atoms with Gasteiger partial charge in [-0.15, -0.1) is 0 Å². The van der Waals surface area contributed by atoms with E-state index in [0.717, 1.165) is 29.4 Å². The number of aromatic nitrogens is 3. The van der Waals surface area contributed by atoms with Gasteiger partial charge in [0.25, 0.3) is 0 Å². The molecular formula is C19H19ClN4. The van der Waals surface area contributed by atoms with Crippen molar-refractivity contribution >= 4 is 17.5 Å². The van der Waals surface area contributed by atoms with Crippen molar-refractivity contribution in [1.82, 2.24) is 14.8 Å². The Hall–Kier alpha value is -2.33. The Kier molecular flexibility index (Phi) is 3.98. The maximum atomic E-state index is 6.44. The average Bonchev–Trinajstić information content (AvgIpc) is 3.10. The van der Waals surface area contributed by atoms with Crippen molar-refractivity contribution in [3.8, 4) is 0 Å². The minimum Gasteiger partial charge on any atom is -0.348 e. The van der Waals surface area contributed by atoms with Crippen LogP contribution in [-0.4, -0.2) is 14.8 Å². The highest BCUT2D eigenvalue weighted by molar-refractivity contribution is 6.31. The Morgan fingerprint density at radius 1 is 1.17 bits per heavy atom. The van der Waals surface area contributed by atoms with Gasteiger partial charge in [0.1, 0.15) is 6.33 Å². The summed E-state index contributed by atoms with van der Waals surface area (Å²) in [6, 6.07) is 17.0. The van der Waals surface area contributed by atoms with Crippen molar-refractivity contribution < 1.29 is 0 Å². The molecular weight excluding hydrogens is 320 g/mol. The standard InChI is InChI=1S/C19H19ClN4/c1-2-13-7-9-14(10-8-13)17-11-18(15-5-3-4-6-16(15)20)24-19(23-17)21-12-22-24/h3-10,12,17-18H,2,11H2,1H3,(H,21,22,23). The molecule has 2 atom stereocenters. The lowest BCUT2D eigenvalue weighted by Crippen LogP contribution is -2.28. The quantitative estimate of drug-likeness (QED) is 0.756. The second kappa shape index (κ2) is 6.29. The normalized spacial score (nSPS) is 19.6. The zero-order valence-corrected chi connectivity index (χ0v) is 14.2. The van der Waals surface area contributed by atoms with Crippen molar-refractivity contribution in [3.05, 3.63) is 76.6 Å². The molecule has 2 aromatic carbocycles. The van der Waals surface area contributed by atoms with Gasteiger partial charge in [0.05, 0.1) is 12.1 Å². The summed E-state index contributed by atoms with van der Waals surface area (Å²) in [5.74, 6) is 0.788. The number of hydrogen-bond acceptors (Lipinski definition) is 3. The summed E-state index contributed by atoms with van der Waals surface area (Å²) in [5, 5.41) is 8.66. The molecule has 24 heavy (non-hydrogen) atoms. The number of fused-ring (bicyclic) bond motifs is 1. The van der Waals surface area contributed by atoms with Crippen LogP contribution in [0.25, 0.3) is 0 Å². The number of benzene rings is 2. The molecule has 5 heteroatoms. The first kappa shape index (κ1) is 15.2. The molecule has 0 amide bonds. The average molecular weight is 339 g/mol. The third kappa shape index (κ3) is 2.67. The number of aryl methyl sites for hydroxylation is 1. The number of rotatable bonds is 3. The molecule has 0 aliphatic carbocycles. The van der Waals surface area contributed by atoms with Crippen LogP contribution in [0.15, 0.2) is 54.9 Å². The first-order chi connectivity index (χ1) is 11.8. The maximum absolute atomic E-state index is 6.44. The van der Waals surface area contributed by atoms with Gasteiger partial charge in [0.2, 0.25) is 5.95 Å². The van der Waals surface area contributed by atoms with Gasteiger partial charge in [-0.25, -0.2) is 4.68 Å². The third-order valence-electron chi connectivity index (χ3n) is 4.69. The lowest BCUT2D eigenvalue weighted by atomic mass is 9.93. The van der Waals surface area contributed by atoms with Crippen LogP contribution in [0.3, 0.4) is 0 Å². The molecule has 2 heterocycles. The fourth-order valence-electron chi connectivity index (χ4n) is 3.33. The molecule has 1 aliphatic rings. The Balaban J connectivity index is 1.72. The summed E-state index contributed by atoms with van der Waals surface area (Å²) in [6.45, 7) is 2.17. The lowest BCUT2D eigenvalue weighted by molar-refractivity contribution is 0.431. The molecule has 1 N–H and O–H groups in total. The van der Waals surface area contributed by atoms with Crippen molar-refractivity contribution in [2.24, 2.45) is 0 Å². The Morgan fingerprint density at radius 2 is 1.96 bits per heavy atom. The van der Waals surface area contributed by atoms with Crippen molar-refractivity contribution in [2.75, 3.05) is 5.32 Å². The maximum Gasteiger partial charge on any atom is 0.222 e. The van der Waals surface area contributed by atoms with Crippen LogP contribution in [0.2, 0.25) is 5.02 Å². The van der Waals surface area contributed by atoms with Crippen LogP contribution >= 0.6 is 11.6 Å². The molecule has 1 aromatic heterocycles. The van der Waals surface area contributed by atoms with E-state index in [2.05, 4.69) is 52.7 Å². The second-order valence-electron chi connectivity index (χ2n) is 6.09. The second-order valence-corrected chi connectivity index (χ2v) is 6.50. The van der Waals surface area contributed by atoms with E-state index in [1.54, 1.807) is 6.33 Å². The summed E-state index contributed by atoms with van der Waals surface area (Å²) in [6.07, 6.45) is 3.52. The van der Waals surface area contributed by atoms with Gasteiger partial charge in [-0.1, -0.05) is 61.0 Å². The van der Waals surface area contributed by atoms with E-state index in [4.69, 9.17) is 11.6 Å². The van der Waals surface area contributed by atoms with Gasteiger partial charge in [0, 0.05) is 5.02 Å². The first-order valence-electron chi connectivity index (χ1n) is 8.25. The summed E-state index contributed by atoms with van der Waals surface area (Å²) in [4.78, 5) is 4.37. The van der Waals surface area contributed by atoms with E-state index in [-0.39, 0.29) is 12.1 Å². The predicted molar refractivity (Wildman–Crippen MR) is 96.4 cm³/mol. The minimum absolute atomic E-state index is 0.0771. The number of anilines is 1. The molecule has 4 nitrogen and oxygen atoms in total. The summed E-state index contributed by atoms with van der Waals surface area (Å²) >= 11 is 6.44. The van der Waals surface area contributed by atoms with Crippen LogP contribution in [0, 0.1) is 0 Å². The van der Waals surface area contributed by atoms with Crippen LogP contribution in [0.1, 0.15) is 42.1 Å². The van der Waals surface area contributed by atoms with Crippen molar-refractivity contribution in [2.45, 2.75) is 31.8 Å². The van der Waals surface area contributed by atoms with Gasteiger partial charge in [0.15, 0.2) is 0 Å². The first-order valence-corrected chi connectivity index (χ1v) is 8.63. The van der Waals surface area contributed by atoms with Crippen LogP contribution in [-0.2, 0) is 6.42 Å². The van der Waals surface area contributed by atoms with Gasteiger partial charge in [-0.3, -0.25) is 0 Å². The smallest absolute Gasteiger partial charge is 0.222 e. The van der Waals surface area contributed by atoms with Crippen LogP contribution in [0.4, 0.5) is 5.95 Å². The van der Waals surface area contributed by atoms with E-state index < -0.39 is 0 Å². The zero-order valence-electron chi connectivity index (χ0n) is 13.5. The molecule has 0 bridgehead atoms. The fourth-order valence-corrected chi connectivity index (χ4v) is 3.59. The monoisotopic (exact) mass is 338 g/mol. The van der Waals surface area contributed by atoms with Crippen LogP contribution < -0.4 is 5.32 Å². The SMILES string of the molecule is CCc1ccc(C2CC(c3ccccc3Cl)n3ncnc3N2)cc1. The molecule has 1 aliphatic heterocycles. The van der Waals surface area contributed by atoms with E-state index in [1.807, 2.05) is 22.9 Å². The minimum atomic E-state index is 0.0771. The highest BCUT2D eigenvalue weighted by Crippen LogP contribution is 2.39. The van der Waals surface area contributed by atoms with E-state index in [1.165, 1.54) is 11.1 Å². The van der Waals surface area contributed by atoms with Gasteiger partial charge in [-0.2, -0.15) is 10.1 Å². The molecule has 2 unspecified atom stereocenters. The molecule has 0 fully saturated rings. The fraction of sp³-hybridized carbons (Fsp3) is 0.263. The zero-order chi connectivity index (χ0) is 16.5. The highest BCUT2D eigenvalue weighted by Gasteiger charge is 2.30. The predicted octanol–water partition coefficient (Wildman–Crippen LogP) is 4.64. The Labute approximate surface area is 146 Å². The molecule has 0 saturated carbocycles. The topological polar surface area (TPSA) is 42.7 Å². The van der Waals surface area contributed by atoms with Crippen molar-refractivity contribution in [1.29, 1.82) is 0 Å². The molecule has 0 spiro atoms. The van der Waals surface area contributed by atoms with Crippen molar-refractivity contribution in [3.63, 3.8) is 0 Å². The number of hydrogen-bond donors (Lipinski definition) is 1. The van der Waals surface area contributed by atoms with E-state index >= 15 is 0 Å². The summed E-state index contributed by atoms with van der Waals surface area (Å²) in [5.41, 5.74) is 3.70. The molecule has 122 valence electrons. The third-order valence-corrected chi connectivity index (χ3v) is 5.03. The summed E-state index contributed by atoms with van der Waals surface area (Å²) < 4.78 is 1.93. The highest BCUT2D eigenvalue weighted by atomic mass is 35.5.